The van der Waals surface area contributed by atoms with Gasteiger partial charge in [0.1, 0.15) is 5.75 Å². The monoisotopic (exact) mass is 377 g/mol. The minimum atomic E-state index is 0.0742. The molecule has 3 aromatic rings. The minimum Gasteiger partial charge on any atom is -0.497 e. The second kappa shape index (κ2) is 7.45. The summed E-state index contributed by atoms with van der Waals surface area (Å²) in [6, 6.07) is 20.9. The van der Waals surface area contributed by atoms with Crippen LogP contribution >= 0.6 is 12.2 Å². The lowest BCUT2D eigenvalue weighted by atomic mass is 10.00. The SMILES string of the molecule is COc1ccc([C@H]2c3cccn3CCN2C(=S)Nc2ccc(C)cc2)cc1. The molecule has 0 spiro atoms. The van der Waals surface area contributed by atoms with Crippen molar-refractivity contribution in [3.8, 4) is 5.75 Å². The van der Waals surface area contributed by atoms with Crippen LogP contribution in [-0.2, 0) is 6.54 Å². The van der Waals surface area contributed by atoms with Gasteiger partial charge in [-0.15, -0.1) is 0 Å². The lowest BCUT2D eigenvalue weighted by Gasteiger charge is -2.39. The van der Waals surface area contributed by atoms with Crippen molar-refractivity contribution >= 4 is 23.0 Å². The van der Waals surface area contributed by atoms with Crippen LogP contribution < -0.4 is 10.1 Å². The Morgan fingerprint density at radius 2 is 1.78 bits per heavy atom. The number of hydrogen-bond donors (Lipinski definition) is 1. The second-order valence-electron chi connectivity index (χ2n) is 6.79. The van der Waals surface area contributed by atoms with Crippen molar-refractivity contribution in [1.82, 2.24) is 9.47 Å². The molecule has 0 unspecified atom stereocenters. The number of nitrogens with one attached hydrogen (secondary N) is 1. The number of nitrogens with zero attached hydrogens (tertiary/aromatic N) is 2. The summed E-state index contributed by atoms with van der Waals surface area (Å²) in [7, 11) is 1.69. The standard InChI is InChI=1S/C22H23N3OS/c1-16-5-9-18(10-6-16)23-22(27)25-15-14-24-13-3-4-20(24)21(25)17-7-11-19(26-2)12-8-17/h3-13,21H,14-15H2,1-2H3,(H,23,27)/t21-/m0/s1. The molecule has 2 aromatic carbocycles. The first-order valence-electron chi connectivity index (χ1n) is 9.09. The molecule has 1 aliphatic heterocycles. The van der Waals surface area contributed by atoms with Gasteiger partial charge in [-0.3, -0.25) is 0 Å². The van der Waals surface area contributed by atoms with Gasteiger partial charge in [-0.1, -0.05) is 29.8 Å². The third kappa shape index (κ3) is 3.55. The van der Waals surface area contributed by atoms with Gasteiger partial charge >= 0.3 is 0 Å². The fraction of sp³-hybridized carbons (Fsp3) is 0.227. The fourth-order valence-electron chi connectivity index (χ4n) is 3.57. The molecule has 2 heterocycles. The van der Waals surface area contributed by atoms with Crippen molar-refractivity contribution in [2.75, 3.05) is 19.0 Å². The van der Waals surface area contributed by atoms with Crippen LogP contribution in [0.1, 0.15) is 22.9 Å². The van der Waals surface area contributed by atoms with Crippen molar-refractivity contribution in [3.63, 3.8) is 0 Å². The van der Waals surface area contributed by atoms with E-state index in [0.717, 1.165) is 29.6 Å². The van der Waals surface area contributed by atoms with Gasteiger partial charge in [0.05, 0.1) is 13.2 Å². The highest BCUT2D eigenvalue weighted by molar-refractivity contribution is 7.80. The number of aromatic nitrogens is 1. The molecule has 1 aromatic heterocycles. The third-order valence-electron chi connectivity index (χ3n) is 5.03. The van der Waals surface area contributed by atoms with Gasteiger partial charge in [-0.25, -0.2) is 0 Å². The number of methoxy groups -OCH3 is 1. The largest absolute Gasteiger partial charge is 0.497 e. The highest BCUT2D eigenvalue weighted by Gasteiger charge is 2.30. The Kier molecular flexibility index (Phi) is 4.86. The minimum absolute atomic E-state index is 0.0742. The van der Waals surface area contributed by atoms with Gasteiger partial charge in [-0.2, -0.15) is 0 Å². The zero-order valence-corrected chi connectivity index (χ0v) is 16.4. The number of hydrogen-bond acceptors (Lipinski definition) is 2. The molecule has 27 heavy (non-hydrogen) atoms. The summed E-state index contributed by atoms with van der Waals surface area (Å²) in [6.45, 7) is 3.86. The number of thiocarbonyl (C=S) groups is 1. The van der Waals surface area contributed by atoms with Crippen LogP contribution in [0.4, 0.5) is 5.69 Å². The smallest absolute Gasteiger partial charge is 0.174 e. The molecule has 138 valence electrons. The number of aryl methyl sites for hydroxylation is 1. The van der Waals surface area contributed by atoms with E-state index in [0.29, 0.717) is 0 Å². The zero-order valence-electron chi connectivity index (χ0n) is 15.6. The number of fused-ring (bicyclic) bond motifs is 1. The summed E-state index contributed by atoms with van der Waals surface area (Å²) < 4.78 is 7.62. The van der Waals surface area contributed by atoms with Gasteiger partial charge in [0, 0.05) is 30.7 Å². The first-order valence-corrected chi connectivity index (χ1v) is 9.50. The summed E-state index contributed by atoms with van der Waals surface area (Å²) in [5.41, 5.74) is 4.70. The molecule has 1 aliphatic rings. The van der Waals surface area contributed by atoms with E-state index in [2.05, 4.69) is 76.4 Å². The highest BCUT2D eigenvalue weighted by atomic mass is 32.1. The lowest BCUT2D eigenvalue weighted by molar-refractivity contribution is 0.293. The van der Waals surface area contributed by atoms with Crippen molar-refractivity contribution in [2.24, 2.45) is 0 Å². The average Bonchev–Trinajstić information content (AvgIpc) is 3.18. The van der Waals surface area contributed by atoms with Crippen LogP contribution in [0.25, 0.3) is 0 Å². The maximum absolute atomic E-state index is 5.80. The maximum Gasteiger partial charge on any atom is 0.174 e. The van der Waals surface area contributed by atoms with Gasteiger partial charge < -0.3 is 19.5 Å². The van der Waals surface area contributed by atoms with Crippen molar-refractivity contribution in [2.45, 2.75) is 19.5 Å². The van der Waals surface area contributed by atoms with E-state index < -0.39 is 0 Å². The topological polar surface area (TPSA) is 29.4 Å². The van der Waals surface area contributed by atoms with E-state index in [1.807, 2.05) is 12.1 Å². The summed E-state index contributed by atoms with van der Waals surface area (Å²) in [5.74, 6) is 0.858. The first kappa shape index (κ1) is 17.6. The molecule has 0 amide bonds. The summed E-state index contributed by atoms with van der Waals surface area (Å²) in [6.07, 6.45) is 2.14. The van der Waals surface area contributed by atoms with E-state index in [1.165, 1.54) is 16.8 Å². The number of rotatable bonds is 3. The van der Waals surface area contributed by atoms with Crippen LogP contribution in [0.2, 0.25) is 0 Å². The van der Waals surface area contributed by atoms with Crippen molar-refractivity contribution < 1.29 is 4.74 Å². The Morgan fingerprint density at radius 1 is 1.04 bits per heavy atom. The first-order chi connectivity index (χ1) is 13.2. The Labute approximate surface area is 165 Å². The molecule has 0 saturated heterocycles. The maximum atomic E-state index is 5.80. The molecule has 1 N–H and O–H groups in total. The zero-order chi connectivity index (χ0) is 18.8. The predicted octanol–water partition coefficient (Wildman–Crippen LogP) is 4.61. The molecular weight excluding hydrogens is 354 g/mol. The molecule has 0 bridgehead atoms. The lowest BCUT2D eigenvalue weighted by Crippen LogP contribution is -2.44. The average molecular weight is 378 g/mol. The van der Waals surface area contributed by atoms with E-state index in [-0.39, 0.29) is 6.04 Å². The normalized spacial score (nSPS) is 15.9. The van der Waals surface area contributed by atoms with Crippen LogP contribution in [0, 0.1) is 6.92 Å². The summed E-state index contributed by atoms with van der Waals surface area (Å²) in [4.78, 5) is 2.27. The number of anilines is 1. The van der Waals surface area contributed by atoms with Crippen LogP contribution in [0.5, 0.6) is 5.75 Å². The van der Waals surface area contributed by atoms with Gasteiger partial charge in [-0.05, 0) is 61.1 Å². The molecule has 0 fully saturated rings. The van der Waals surface area contributed by atoms with Crippen molar-refractivity contribution in [3.05, 3.63) is 83.7 Å². The summed E-state index contributed by atoms with van der Waals surface area (Å²) >= 11 is 5.80. The number of benzene rings is 2. The van der Waals surface area contributed by atoms with E-state index >= 15 is 0 Å². The quantitative estimate of drug-likeness (QED) is 0.675. The number of ether oxygens (including phenoxy) is 1. The Bertz CT molecular complexity index is 931. The second-order valence-corrected chi connectivity index (χ2v) is 7.18. The Hall–Kier alpha value is -2.79. The van der Waals surface area contributed by atoms with E-state index in [9.17, 15) is 0 Å². The van der Waals surface area contributed by atoms with Crippen molar-refractivity contribution in [1.29, 1.82) is 0 Å². The molecule has 0 aliphatic carbocycles. The Morgan fingerprint density at radius 3 is 2.48 bits per heavy atom. The van der Waals surface area contributed by atoms with Gasteiger partial charge in [0.25, 0.3) is 0 Å². The van der Waals surface area contributed by atoms with Crippen LogP contribution in [0.15, 0.2) is 66.9 Å². The van der Waals surface area contributed by atoms with E-state index in [1.54, 1.807) is 7.11 Å². The molecule has 4 nitrogen and oxygen atoms in total. The van der Waals surface area contributed by atoms with E-state index in [4.69, 9.17) is 17.0 Å². The third-order valence-corrected chi connectivity index (χ3v) is 5.37. The molecule has 0 saturated carbocycles. The van der Waals surface area contributed by atoms with Crippen LogP contribution in [0.3, 0.4) is 0 Å². The molecule has 1 atom stereocenters. The summed E-state index contributed by atoms with van der Waals surface area (Å²) in [5, 5.41) is 4.15. The highest BCUT2D eigenvalue weighted by Crippen LogP contribution is 2.33. The van der Waals surface area contributed by atoms with Gasteiger partial charge in [0.2, 0.25) is 0 Å². The molecule has 4 rings (SSSR count). The fourth-order valence-corrected chi connectivity index (χ4v) is 3.89. The molecule has 5 heteroatoms. The van der Waals surface area contributed by atoms with Crippen LogP contribution in [-0.4, -0.2) is 28.2 Å². The Balaban J connectivity index is 1.65. The molecule has 0 radical (unpaired) electrons. The molecular formula is C22H23N3OS. The predicted molar refractivity (Wildman–Crippen MR) is 113 cm³/mol. The van der Waals surface area contributed by atoms with Gasteiger partial charge in [0.15, 0.2) is 5.11 Å².